The number of hydrogen-bond donors (Lipinski definition) is 1. The first-order chi connectivity index (χ1) is 8.67. The van der Waals surface area contributed by atoms with Gasteiger partial charge in [0.05, 0.1) is 0 Å². The summed E-state index contributed by atoms with van der Waals surface area (Å²) in [6, 6.07) is -0.230. The fraction of sp³-hybridized carbons (Fsp3) is 0.429. The van der Waals surface area contributed by atoms with Gasteiger partial charge >= 0.3 is 0 Å². The third-order valence-electron chi connectivity index (χ3n) is 3.42. The van der Waals surface area contributed by atoms with Crippen molar-refractivity contribution in [1.82, 2.24) is 10.2 Å². The van der Waals surface area contributed by atoms with E-state index in [2.05, 4.69) is 16.8 Å². The number of amides is 2. The summed E-state index contributed by atoms with van der Waals surface area (Å²) in [4.78, 5) is 25.1. The number of carbonyl (C=O) groups is 2. The molecular formula is C14H18N2O2. The van der Waals surface area contributed by atoms with E-state index in [0.717, 1.165) is 24.2 Å². The Morgan fingerprint density at radius 3 is 2.78 bits per heavy atom. The van der Waals surface area contributed by atoms with E-state index in [-0.39, 0.29) is 17.9 Å². The highest BCUT2D eigenvalue weighted by molar-refractivity contribution is 6.00. The topological polar surface area (TPSA) is 49.4 Å². The molecule has 4 heteroatoms. The van der Waals surface area contributed by atoms with Crippen molar-refractivity contribution in [3.05, 3.63) is 36.1 Å². The molecule has 0 unspecified atom stereocenters. The van der Waals surface area contributed by atoms with E-state index in [1.807, 2.05) is 25.2 Å². The van der Waals surface area contributed by atoms with Crippen LogP contribution in [0.5, 0.6) is 0 Å². The van der Waals surface area contributed by atoms with Gasteiger partial charge in [-0.2, -0.15) is 0 Å². The average Bonchev–Trinajstić information content (AvgIpc) is 2.73. The molecule has 0 aromatic rings. The summed E-state index contributed by atoms with van der Waals surface area (Å²) in [5.74, 6) is -0.352. The molecule has 2 aliphatic heterocycles. The first kappa shape index (κ1) is 12.6. The van der Waals surface area contributed by atoms with Crippen LogP contribution < -0.4 is 5.32 Å². The second-order valence-corrected chi connectivity index (χ2v) is 4.52. The molecule has 0 aliphatic carbocycles. The number of piperidine rings is 1. The first-order valence-electron chi connectivity index (χ1n) is 6.26. The molecule has 2 rings (SSSR count). The van der Waals surface area contributed by atoms with E-state index < -0.39 is 0 Å². The highest BCUT2D eigenvalue weighted by Crippen LogP contribution is 2.29. The molecule has 2 heterocycles. The molecule has 2 amide bonds. The number of nitrogens with one attached hydrogen (secondary N) is 1. The van der Waals surface area contributed by atoms with Crippen molar-refractivity contribution < 1.29 is 9.59 Å². The van der Waals surface area contributed by atoms with Crippen LogP contribution in [0.3, 0.4) is 0 Å². The van der Waals surface area contributed by atoms with Gasteiger partial charge in [0, 0.05) is 18.7 Å². The van der Waals surface area contributed by atoms with Crippen LogP contribution in [0.25, 0.3) is 0 Å². The standard InChI is InChI=1S/C14H18N2O2/c1-3-5-11-10(4-2)8-9-16(11)12-6-7-13(17)15-14(12)18/h3-5,12H,2,6-9H2,1H3,(H,15,17,18)/b5-3-/t12-/m1/s1. The summed E-state index contributed by atoms with van der Waals surface area (Å²) in [6.07, 6.45) is 7.73. The Kier molecular flexibility index (Phi) is 3.65. The fourth-order valence-electron chi connectivity index (χ4n) is 2.54. The summed E-state index contributed by atoms with van der Waals surface area (Å²) in [7, 11) is 0. The van der Waals surface area contributed by atoms with Crippen LogP contribution in [-0.4, -0.2) is 29.3 Å². The van der Waals surface area contributed by atoms with Crippen LogP contribution in [0.15, 0.2) is 36.1 Å². The van der Waals surface area contributed by atoms with E-state index in [1.54, 1.807) is 0 Å². The Hall–Kier alpha value is -1.84. The zero-order valence-corrected chi connectivity index (χ0v) is 10.6. The van der Waals surface area contributed by atoms with E-state index in [4.69, 9.17) is 0 Å². The van der Waals surface area contributed by atoms with Crippen molar-refractivity contribution in [2.45, 2.75) is 32.2 Å². The van der Waals surface area contributed by atoms with Crippen molar-refractivity contribution in [3.63, 3.8) is 0 Å². The molecular weight excluding hydrogens is 228 g/mol. The lowest BCUT2D eigenvalue weighted by Gasteiger charge is -2.32. The molecule has 96 valence electrons. The highest BCUT2D eigenvalue weighted by atomic mass is 16.2. The quantitative estimate of drug-likeness (QED) is 0.768. The number of nitrogens with zero attached hydrogens (tertiary/aromatic N) is 1. The Morgan fingerprint density at radius 1 is 1.39 bits per heavy atom. The lowest BCUT2D eigenvalue weighted by Crippen LogP contribution is -2.51. The van der Waals surface area contributed by atoms with E-state index in [9.17, 15) is 9.59 Å². The van der Waals surface area contributed by atoms with Crippen LogP contribution in [0, 0.1) is 0 Å². The molecule has 0 saturated carbocycles. The Morgan fingerprint density at radius 2 is 2.17 bits per heavy atom. The predicted octanol–water partition coefficient (Wildman–Crippen LogP) is 1.51. The number of imide groups is 1. The molecule has 0 bridgehead atoms. The molecule has 1 fully saturated rings. The highest BCUT2D eigenvalue weighted by Gasteiger charge is 2.34. The third-order valence-corrected chi connectivity index (χ3v) is 3.42. The third kappa shape index (κ3) is 2.23. The van der Waals surface area contributed by atoms with Gasteiger partial charge in [-0.15, -0.1) is 0 Å². The largest absolute Gasteiger partial charge is 0.359 e. The zero-order chi connectivity index (χ0) is 13.1. The van der Waals surface area contributed by atoms with E-state index >= 15 is 0 Å². The SMILES string of the molecule is C=CC1=C(/C=C\C)N([C@@H]2CCC(=O)NC2=O)CC1. The van der Waals surface area contributed by atoms with Gasteiger partial charge in [-0.1, -0.05) is 18.7 Å². The second kappa shape index (κ2) is 5.21. The molecule has 0 aromatic carbocycles. The monoisotopic (exact) mass is 246 g/mol. The Balaban J connectivity index is 2.23. The van der Waals surface area contributed by atoms with Crippen LogP contribution in [0.1, 0.15) is 26.2 Å². The molecule has 2 aliphatic rings. The lowest BCUT2D eigenvalue weighted by atomic mass is 10.0. The van der Waals surface area contributed by atoms with Crippen molar-refractivity contribution in [2.24, 2.45) is 0 Å². The van der Waals surface area contributed by atoms with Gasteiger partial charge in [-0.3, -0.25) is 14.9 Å². The number of hydrogen-bond acceptors (Lipinski definition) is 3. The zero-order valence-electron chi connectivity index (χ0n) is 10.6. The van der Waals surface area contributed by atoms with Crippen LogP contribution in [0.2, 0.25) is 0 Å². The van der Waals surface area contributed by atoms with E-state index in [0.29, 0.717) is 12.8 Å². The van der Waals surface area contributed by atoms with Gasteiger partial charge in [-0.05, 0) is 31.4 Å². The predicted molar refractivity (Wildman–Crippen MR) is 69.5 cm³/mol. The minimum Gasteiger partial charge on any atom is -0.359 e. The maximum Gasteiger partial charge on any atom is 0.249 e. The maximum absolute atomic E-state index is 11.9. The van der Waals surface area contributed by atoms with Gasteiger partial charge in [0.25, 0.3) is 0 Å². The first-order valence-corrected chi connectivity index (χ1v) is 6.26. The van der Waals surface area contributed by atoms with E-state index in [1.165, 1.54) is 0 Å². The molecule has 0 aromatic heterocycles. The summed E-state index contributed by atoms with van der Waals surface area (Å²) in [6.45, 7) is 6.58. The molecule has 0 radical (unpaired) electrons. The molecule has 1 N–H and O–H groups in total. The van der Waals surface area contributed by atoms with Gasteiger partial charge in [0.2, 0.25) is 11.8 Å². The number of rotatable bonds is 3. The van der Waals surface area contributed by atoms with Gasteiger partial charge in [-0.25, -0.2) is 0 Å². The van der Waals surface area contributed by atoms with Crippen molar-refractivity contribution >= 4 is 11.8 Å². The summed E-state index contributed by atoms with van der Waals surface area (Å²) in [5.41, 5.74) is 2.22. The minimum absolute atomic E-state index is 0.170. The van der Waals surface area contributed by atoms with Crippen LogP contribution in [0.4, 0.5) is 0 Å². The Labute approximate surface area is 107 Å². The van der Waals surface area contributed by atoms with Crippen molar-refractivity contribution in [3.8, 4) is 0 Å². The van der Waals surface area contributed by atoms with Gasteiger partial charge in [0.1, 0.15) is 6.04 Å². The summed E-state index contributed by atoms with van der Waals surface area (Å²) < 4.78 is 0. The second-order valence-electron chi connectivity index (χ2n) is 4.52. The number of allylic oxidation sites excluding steroid dienone is 3. The molecule has 1 atom stereocenters. The summed E-state index contributed by atoms with van der Waals surface area (Å²) >= 11 is 0. The normalized spacial score (nSPS) is 24.9. The number of carbonyl (C=O) groups excluding carboxylic acids is 2. The van der Waals surface area contributed by atoms with Crippen LogP contribution >= 0.6 is 0 Å². The molecule has 1 saturated heterocycles. The molecule has 18 heavy (non-hydrogen) atoms. The molecule has 4 nitrogen and oxygen atoms in total. The van der Waals surface area contributed by atoms with Crippen LogP contribution in [-0.2, 0) is 9.59 Å². The summed E-state index contributed by atoms with van der Waals surface area (Å²) in [5, 5.41) is 2.41. The van der Waals surface area contributed by atoms with Crippen molar-refractivity contribution in [1.29, 1.82) is 0 Å². The van der Waals surface area contributed by atoms with Crippen molar-refractivity contribution in [2.75, 3.05) is 6.54 Å². The minimum atomic E-state index is -0.230. The van der Waals surface area contributed by atoms with Gasteiger partial charge < -0.3 is 4.90 Å². The molecule has 0 spiro atoms. The van der Waals surface area contributed by atoms with Gasteiger partial charge in [0.15, 0.2) is 0 Å². The lowest BCUT2D eigenvalue weighted by molar-refractivity contribution is -0.136. The fourth-order valence-corrected chi connectivity index (χ4v) is 2.54. The maximum atomic E-state index is 11.9. The average molecular weight is 246 g/mol. The Bertz CT molecular complexity index is 449. The smallest absolute Gasteiger partial charge is 0.249 e.